The molecule has 162 valence electrons. The summed E-state index contributed by atoms with van der Waals surface area (Å²) in [6, 6.07) is 24.5. The fraction of sp³-hybridized carbons (Fsp3) is 0.0741. The zero-order chi connectivity index (χ0) is 22.6. The van der Waals surface area contributed by atoms with Crippen LogP contribution in [0.15, 0.2) is 84.9 Å². The van der Waals surface area contributed by atoms with Crippen molar-refractivity contribution < 1.29 is 29.2 Å². The van der Waals surface area contributed by atoms with Gasteiger partial charge >= 0.3 is 5.97 Å². The van der Waals surface area contributed by atoms with Crippen LogP contribution in [0.3, 0.4) is 0 Å². The Morgan fingerprint density at radius 1 is 0.697 bits per heavy atom. The third kappa shape index (κ3) is 2.74. The molecule has 33 heavy (non-hydrogen) atoms. The highest BCUT2D eigenvalue weighted by molar-refractivity contribution is 6.03. The lowest BCUT2D eigenvalue weighted by molar-refractivity contribution is -0.147. The zero-order valence-corrected chi connectivity index (χ0v) is 17.3. The number of ether oxygens (including phenoxy) is 3. The van der Waals surface area contributed by atoms with Crippen LogP contribution >= 0.6 is 0 Å². The number of carbonyl (C=O) groups excluding carboxylic acids is 1. The fourth-order valence-electron chi connectivity index (χ4n) is 4.53. The second-order valence-electron chi connectivity index (χ2n) is 7.90. The molecular weight excluding hydrogens is 420 g/mol. The first-order valence-corrected chi connectivity index (χ1v) is 10.4. The van der Waals surface area contributed by atoms with Crippen molar-refractivity contribution in [2.45, 2.75) is 5.60 Å². The molecule has 2 heterocycles. The Kier molecular flexibility index (Phi) is 4.18. The summed E-state index contributed by atoms with van der Waals surface area (Å²) in [5.74, 6) is 0.365. The number of aliphatic hydroxyl groups is 1. The molecule has 0 saturated heterocycles. The predicted octanol–water partition coefficient (Wildman–Crippen LogP) is 4.61. The van der Waals surface area contributed by atoms with E-state index in [1.165, 1.54) is 12.1 Å². The summed E-state index contributed by atoms with van der Waals surface area (Å²) in [5, 5.41) is 21.8. The number of fused-ring (bicyclic) bond motifs is 2. The van der Waals surface area contributed by atoms with Gasteiger partial charge in [0.25, 0.3) is 0 Å². The lowest BCUT2D eigenvalue weighted by Gasteiger charge is -2.24. The van der Waals surface area contributed by atoms with E-state index in [1.54, 1.807) is 36.4 Å². The second-order valence-corrected chi connectivity index (χ2v) is 7.90. The molecule has 6 rings (SSSR count). The molecule has 0 saturated carbocycles. The number of aromatic hydroxyl groups is 1. The SMILES string of the molecule is O=C1Oc2c(-c3ccccc3)c3c(c(-c4ccc(O)cc4)c2C1(O)c1ccccc1)OCO3. The molecule has 2 aliphatic rings. The molecule has 4 aromatic carbocycles. The molecule has 6 nitrogen and oxygen atoms in total. The van der Waals surface area contributed by atoms with E-state index < -0.39 is 11.6 Å². The molecule has 6 heteroatoms. The standard InChI is InChI=1S/C27H18O6/c28-19-13-11-17(12-14-19)20-22-23(33-26(29)27(22,30)18-9-5-2-6-10-18)21(16-7-3-1-4-8-16)25-24(20)31-15-32-25/h1-14,28,30H,15H2. The second kappa shape index (κ2) is 7.12. The first-order valence-electron chi connectivity index (χ1n) is 10.4. The normalized spacial score (nSPS) is 18.2. The number of phenols is 1. The van der Waals surface area contributed by atoms with E-state index in [1.807, 2.05) is 36.4 Å². The Bertz CT molecular complexity index is 1380. The highest BCUT2D eigenvalue weighted by Gasteiger charge is 2.54. The lowest BCUT2D eigenvalue weighted by atomic mass is 9.80. The molecule has 1 unspecified atom stereocenters. The number of benzene rings is 4. The van der Waals surface area contributed by atoms with Crippen LogP contribution in [0.25, 0.3) is 22.3 Å². The summed E-state index contributed by atoms with van der Waals surface area (Å²) < 4.78 is 17.6. The molecule has 2 N–H and O–H groups in total. The van der Waals surface area contributed by atoms with Crippen LogP contribution in [-0.4, -0.2) is 23.0 Å². The van der Waals surface area contributed by atoms with E-state index in [0.717, 1.165) is 5.56 Å². The highest BCUT2D eigenvalue weighted by Crippen LogP contribution is 2.60. The van der Waals surface area contributed by atoms with Crippen LogP contribution in [-0.2, 0) is 10.4 Å². The van der Waals surface area contributed by atoms with Crippen molar-refractivity contribution in [1.29, 1.82) is 0 Å². The summed E-state index contributed by atoms with van der Waals surface area (Å²) in [6.07, 6.45) is 0. The van der Waals surface area contributed by atoms with Gasteiger partial charge in [-0.1, -0.05) is 72.8 Å². The number of phenolic OH excluding ortho intramolecular Hbond substituents is 1. The van der Waals surface area contributed by atoms with Crippen molar-refractivity contribution in [3.05, 3.63) is 96.1 Å². The van der Waals surface area contributed by atoms with Crippen molar-refractivity contribution >= 4 is 5.97 Å². The first-order chi connectivity index (χ1) is 16.1. The smallest absolute Gasteiger partial charge is 0.353 e. The molecule has 0 amide bonds. The highest BCUT2D eigenvalue weighted by atomic mass is 16.7. The van der Waals surface area contributed by atoms with Crippen molar-refractivity contribution in [3.8, 4) is 45.3 Å². The average Bonchev–Trinajstić information content (AvgIpc) is 3.43. The van der Waals surface area contributed by atoms with E-state index in [0.29, 0.717) is 33.8 Å². The van der Waals surface area contributed by atoms with Gasteiger partial charge in [0.15, 0.2) is 17.2 Å². The van der Waals surface area contributed by atoms with Crippen LogP contribution in [0.5, 0.6) is 23.0 Å². The molecule has 0 bridgehead atoms. The summed E-state index contributed by atoms with van der Waals surface area (Å²) in [6.45, 7) is -0.0130. The molecule has 2 aliphatic heterocycles. The fourth-order valence-corrected chi connectivity index (χ4v) is 4.53. The minimum Gasteiger partial charge on any atom is -0.508 e. The van der Waals surface area contributed by atoms with E-state index in [4.69, 9.17) is 14.2 Å². The maximum absolute atomic E-state index is 13.3. The van der Waals surface area contributed by atoms with Gasteiger partial charge in [-0.2, -0.15) is 0 Å². The third-order valence-corrected chi connectivity index (χ3v) is 6.03. The Labute approximate surface area is 189 Å². The molecule has 0 spiro atoms. The minimum absolute atomic E-state index is 0.0130. The van der Waals surface area contributed by atoms with Gasteiger partial charge in [0.1, 0.15) is 5.75 Å². The maximum atomic E-state index is 13.3. The van der Waals surface area contributed by atoms with Gasteiger partial charge in [0, 0.05) is 5.56 Å². The zero-order valence-electron chi connectivity index (χ0n) is 17.3. The molecule has 0 aromatic heterocycles. The van der Waals surface area contributed by atoms with Gasteiger partial charge in [-0.15, -0.1) is 0 Å². The summed E-state index contributed by atoms with van der Waals surface area (Å²) in [4.78, 5) is 13.3. The van der Waals surface area contributed by atoms with Gasteiger partial charge < -0.3 is 24.4 Å². The lowest BCUT2D eigenvalue weighted by Crippen LogP contribution is -2.35. The topological polar surface area (TPSA) is 85.2 Å². The summed E-state index contributed by atoms with van der Waals surface area (Å²) in [5.41, 5.74) is 1.03. The Morgan fingerprint density at radius 3 is 1.94 bits per heavy atom. The largest absolute Gasteiger partial charge is 0.508 e. The first kappa shape index (κ1) is 19.4. The molecular formula is C27H18O6. The monoisotopic (exact) mass is 438 g/mol. The number of hydrogen-bond acceptors (Lipinski definition) is 6. The van der Waals surface area contributed by atoms with Gasteiger partial charge in [-0.25, -0.2) is 4.79 Å². The summed E-state index contributed by atoms with van der Waals surface area (Å²) >= 11 is 0. The van der Waals surface area contributed by atoms with Crippen molar-refractivity contribution in [2.75, 3.05) is 6.79 Å². The van der Waals surface area contributed by atoms with E-state index in [9.17, 15) is 15.0 Å². The van der Waals surface area contributed by atoms with Gasteiger partial charge in [0.2, 0.25) is 12.4 Å². The van der Waals surface area contributed by atoms with E-state index in [-0.39, 0.29) is 23.9 Å². The molecule has 0 aliphatic carbocycles. The number of carbonyl (C=O) groups is 1. The van der Waals surface area contributed by atoms with Crippen LogP contribution in [0.1, 0.15) is 11.1 Å². The average molecular weight is 438 g/mol. The summed E-state index contributed by atoms with van der Waals surface area (Å²) in [7, 11) is 0. The van der Waals surface area contributed by atoms with Gasteiger partial charge in [0.05, 0.1) is 11.1 Å². The number of esters is 1. The molecule has 1 atom stereocenters. The van der Waals surface area contributed by atoms with Crippen molar-refractivity contribution in [3.63, 3.8) is 0 Å². The number of hydrogen-bond donors (Lipinski definition) is 2. The van der Waals surface area contributed by atoms with Crippen molar-refractivity contribution in [2.24, 2.45) is 0 Å². The predicted molar refractivity (Wildman–Crippen MR) is 120 cm³/mol. The molecule has 4 aromatic rings. The maximum Gasteiger partial charge on any atom is 0.353 e. The minimum atomic E-state index is -2.06. The molecule has 0 fully saturated rings. The van der Waals surface area contributed by atoms with E-state index >= 15 is 0 Å². The van der Waals surface area contributed by atoms with Crippen LogP contribution in [0.2, 0.25) is 0 Å². The van der Waals surface area contributed by atoms with Crippen LogP contribution < -0.4 is 14.2 Å². The molecule has 0 radical (unpaired) electrons. The van der Waals surface area contributed by atoms with Crippen LogP contribution in [0.4, 0.5) is 0 Å². The van der Waals surface area contributed by atoms with E-state index in [2.05, 4.69) is 0 Å². The van der Waals surface area contributed by atoms with Crippen LogP contribution in [0, 0.1) is 0 Å². The quantitative estimate of drug-likeness (QED) is 0.359. The van der Waals surface area contributed by atoms with Gasteiger partial charge in [-0.3, -0.25) is 0 Å². The third-order valence-electron chi connectivity index (χ3n) is 6.03. The Balaban J connectivity index is 1.76. The van der Waals surface area contributed by atoms with Crippen molar-refractivity contribution in [1.82, 2.24) is 0 Å². The Morgan fingerprint density at radius 2 is 1.27 bits per heavy atom. The van der Waals surface area contributed by atoms with Gasteiger partial charge in [-0.05, 0) is 28.8 Å². The Hall–Kier alpha value is -4.29. The number of rotatable bonds is 3.